The molecule has 0 spiro atoms. The highest BCUT2D eigenvalue weighted by molar-refractivity contribution is 6.48. The van der Waals surface area contributed by atoms with Crippen LogP contribution in [0.4, 0.5) is 11.9 Å². The molecule has 2 rings (SSSR count). The molecule has 0 saturated heterocycles. The van der Waals surface area contributed by atoms with E-state index in [0.29, 0.717) is 39.6 Å². The fraction of sp³-hybridized carbons (Fsp3) is 0.385. The fourth-order valence-corrected chi connectivity index (χ4v) is 2.40. The first-order valence-electron chi connectivity index (χ1n) is 6.52. The van der Waals surface area contributed by atoms with Gasteiger partial charge in [0, 0.05) is 12.6 Å². The minimum Gasteiger partial charge on any atom is -0.354 e. The lowest BCUT2D eigenvalue weighted by molar-refractivity contribution is 0.876. The van der Waals surface area contributed by atoms with Crippen LogP contribution in [-0.4, -0.2) is 27.8 Å². The van der Waals surface area contributed by atoms with Crippen LogP contribution >= 0.6 is 34.8 Å². The molecule has 0 saturated carbocycles. The summed E-state index contributed by atoms with van der Waals surface area (Å²) in [5.74, 6) is 1.26. The predicted octanol–water partition coefficient (Wildman–Crippen LogP) is 4.24. The summed E-state index contributed by atoms with van der Waals surface area (Å²) in [6.07, 6.45) is 0.740. The van der Waals surface area contributed by atoms with E-state index >= 15 is 0 Å². The average molecular weight is 349 g/mol. The van der Waals surface area contributed by atoms with Crippen LogP contribution in [-0.2, 0) is 6.42 Å². The first-order valence-corrected chi connectivity index (χ1v) is 7.65. The van der Waals surface area contributed by atoms with Gasteiger partial charge >= 0.3 is 0 Å². The number of nitrogens with one attached hydrogen (secondary N) is 3. The Balaban J connectivity index is 1.88. The highest BCUT2D eigenvalue weighted by atomic mass is 35.5. The van der Waals surface area contributed by atoms with Crippen molar-refractivity contribution in [1.29, 1.82) is 0 Å². The number of rotatable bonds is 6. The van der Waals surface area contributed by atoms with Gasteiger partial charge in [0.15, 0.2) is 0 Å². The second kappa shape index (κ2) is 7.20. The summed E-state index contributed by atoms with van der Waals surface area (Å²) in [4.78, 5) is 3.04. The number of hydrogen-bond acceptors (Lipinski definition) is 4. The smallest absolute Gasteiger partial charge is 0.223 e. The van der Waals surface area contributed by atoms with Crippen LogP contribution in [0.5, 0.6) is 0 Å². The molecule has 0 unspecified atom stereocenters. The predicted molar refractivity (Wildman–Crippen MR) is 88.8 cm³/mol. The van der Waals surface area contributed by atoms with Crippen molar-refractivity contribution in [2.75, 3.05) is 17.2 Å². The summed E-state index contributed by atoms with van der Waals surface area (Å²) in [7, 11) is 0. The Morgan fingerprint density at radius 1 is 1.10 bits per heavy atom. The van der Waals surface area contributed by atoms with Crippen molar-refractivity contribution >= 4 is 46.7 Å². The lowest BCUT2D eigenvalue weighted by Crippen LogP contribution is -2.11. The fourth-order valence-electron chi connectivity index (χ4n) is 1.76. The maximum Gasteiger partial charge on any atom is 0.223 e. The first-order chi connectivity index (χ1) is 9.95. The number of H-pyrrole nitrogens is 1. The summed E-state index contributed by atoms with van der Waals surface area (Å²) >= 11 is 17.9. The van der Waals surface area contributed by atoms with E-state index in [0.717, 1.165) is 12.0 Å². The van der Waals surface area contributed by atoms with Crippen molar-refractivity contribution in [1.82, 2.24) is 15.2 Å². The van der Waals surface area contributed by atoms with Crippen molar-refractivity contribution in [2.24, 2.45) is 0 Å². The molecule has 114 valence electrons. The normalized spacial score (nSPS) is 11.0. The van der Waals surface area contributed by atoms with E-state index in [1.54, 1.807) is 0 Å². The Labute approximate surface area is 138 Å². The number of nitrogens with zero attached hydrogens (tertiary/aromatic N) is 2. The molecule has 0 amide bonds. The van der Waals surface area contributed by atoms with Crippen LogP contribution in [0.15, 0.2) is 12.1 Å². The standard InChI is InChI=1S/C13H16Cl3N5/c1-7(2)18-13-19-12(20-21-13)17-4-3-8-5-9(14)11(16)10(15)6-8/h5-7H,3-4H2,1-2H3,(H3,17,18,19,20,21). The number of aromatic nitrogens is 3. The SMILES string of the molecule is CC(C)Nc1nnc(NCCc2cc(Cl)c(Cl)c(Cl)c2)[nH]1. The van der Waals surface area contributed by atoms with E-state index in [1.165, 1.54) is 0 Å². The molecule has 0 aliphatic carbocycles. The summed E-state index contributed by atoms with van der Waals surface area (Å²) in [6, 6.07) is 3.91. The molecule has 2 aromatic rings. The Morgan fingerprint density at radius 3 is 2.33 bits per heavy atom. The Hall–Kier alpha value is -1.17. The van der Waals surface area contributed by atoms with Gasteiger partial charge in [0.05, 0.1) is 15.1 Å². The van der Waals surface area contributed by atoms with Crippen LogP contribution in [0.2, 0.25) is 15.1 Å². The molecule has 5 nitrogen and oxygen atoms in total. The van der Waals surface area contributed by atoms with Crippen LogP contribution in [0.25, 0.3) is 0 Å². The van der Waals surface area contributed by atoms with Gasteiger partial charge in [-0.05, 0) is 38.0 Å². The summed E-state index contributed by atoms with van der Waals surface area (Å²) in [5, 5.41) is 15.6. The zero-order valence-electron chi connectivity index (χ0n) is 11.7. The Kier molecular flexibility index (Phi) is 5.56. The van der Waals surface area contributed by atoms with Gasteiger partial charge in [0.1, 0.15) is 0 Å². The number of benzene rings is 1. The number of anilines is 2. The van der Waals surface area contributed by atoms with Crippen molar-refractivity contribution in [3.05, 3.63) is 32.8 Å². The van der Waals surface area contributed by atoms with Gasteiger partial charge < -0.3 is 10.6 Å². The summed E-state index contributed by atoms with van der Waals surface area (Å²) in [5.41, 5.74) is 1.00. The molecule has 1 heterocycles. The van der Waals surface area contributed by atoms with Crippen molar-refractivity contribution in [3.8, 4) is 0 Å². The van der Waals surface area contributed by atoms with E-state index in [2.05, 4.69) is 25.8 Å². The largest absolute Gasteiger partial charge is 0.354 e. The average Bonchev–Trinajstić information content (AvgIpc) is 2.82. The monoisotopic (exact) mass is 347 g/mol. The van der Waals surface area contributed by atoms with E-state index in [9.17, 15) is 0 Å². The molecule has 1 aromatic heterocycles. The molecular formula is C13H16Cl3N5. The molecule has 0 radical (unpaired) electrons. The number of hydrogen-bond donors (Lipinski definition) is 3. The molecule has 0 aliphatic heterocycles. The Bertz CT molecular complexity index is 589. The number of halogens is 3. The maximum absolute atomic E-state index is 5.99. The minimum atomic E-state index is 0.296. The second-order valence-electron chi connectivity index (χ2n) is 4.87. The summed E-state index contributed by atoms with van der Waals surface area (Å²) < 4.78 is 0. The van der Waals surface area contributed by atoms with Crippen LogP contribution in [0, 0.1) is 0 Å². The van der Waals surface area contributed by atoms with Crippen LogP contribution < -0.4 is 10.6 Å². The van der Waals surface area contributed by atoms with Gasteiger partial charge in [0.25, 0.3) is 0 Å². The van der Waals surface area contributed by atoms with E-state index in [1.807, 2.05) is 26.0 Å². The van der Waals surface area contributed by atoms with E-state index in [4.69, 9.17) is 34.8 Å². The lowest BCUT2D eigenvalue weighted by Gasteiger charge is -2.06. The molecule has 0 bridgehead atoms. The highest BCUT2D eigenvalue weighted by Crippen LogP contribution is 2.31. The molecule has 1 aromatic carbocycles. The molecule has 8 heteroatoms. The van der Waals surface area contributed by atoms with Gasteiger partial charge in [-0.2, -0.15) is 0 Å². The zero-order chi connectivity index (χ0) is 15.4. The topological polar surface area (TPSA) is 65.6 Å². The van der Waals surface area contributed by atoms with Gasteiger partial charge in [-0.3, -0.25) is 4.98 Å². The number of aromatic amines is 1. The summed E-state index contributed by atoms with van der Waals surface area (Å²) in [6.45, 7) is 4.73. The maximum atomic E-state index is 5.99. The van der Waals surface area contributed by atoms with E-state index in [-0.39, 0.29) is 0 Å². The van der Waals surface area contributed by atoms with Crippen molar-refractivity contribution < 1.29 is 0 Å². The highest BCUT2D eigenvalue weighted by Gasteiger charge is 2.07. The molecule has 0 atom stereocenters. The zero-order valence-corrected chi connectivity index (χ0v) is 13.9. The van der Waals surface area contributed by atoms with Gasteiger partial charge in [-0.25, -0.2) is 0 Å². The van der Waals surface area contributed by atoms with Gasteiger partial charge in [0.2, 0.25) is 11.9 Å². The van der Waals surface area contributed by atoms with Gasteiger partial charge in [-0.1, -0.05) is 34.8 Å². The lowest BCUT2D eigenvalue weighted by atomic mass is 10.1. The minimum absolute atomic E-state index is 0.296. The first kappa shape index (κ1) is 16.2. The third-order valence-electron chi connectivity index (χ3n) is 2.66. The van der Waals surface area contributed by atoms with Gasteiger partial charge in [-0.15, -0.1) is 10.2 Å². The quantitative estimate of drug-likeness (QED) is 0.683. The van der Waals surface area contributed by atoms with Crippen molar-refractivity contribution in [2.45, 2.75) is 26.3 Å². The van der Waals surface area contributed by atoms with E-state index < -0.39 is 0 Å². The molecule has 0 aliphatic rings. The second-order valence-corrected chi connectivity index (χ2v) is 6.06. The third kappa shape index (κ3) is 4.66. The Morgan fingerprint density at radius 2 is 1.71 bits per heavy atom. The molecule has 0 fully saturated rings. The molecular weight excluding hydrogens is 333 g/mol. The molecule has 21 heavy (non-hydrogen) atoms. The van der Waals surface area contributed by atoms with Crippen molar-refractivity contribution in [3.63, 3.8) is 0 Å². The third-order valence-corrected chi connectivity index (χ3v) is 3.86. The van der Waals surface area contributed by atoms with Crippen LogP contribution in [0.1, 0.15) is 19.4 Å². The molecule has 3 N–H and O–H groups in total. The van der Waals surface area contributed by atoms with Crippen LogP contribution in [0.3, 0.4) is 0 Å².